The Labute approximate surface area is 121 Å². The molecule has 1 aromatic carbocycles. The Morgan fingerprint density at radius 1 is 1.20 bits per heavy atom. The van der Waals surface area contributed by atoms with E-state index in [1.165, 1.54) is 0 Å². The van der Waals surface area contributed by atoms with Gasteiger partial charge in [-0.3, -0.25) is 4.79 Å². The number of methoxy groups -OCH3 is 1. The lowest BCUT2D eigenvalue weighted by atomic mass is 10.2. The van der Waals surface area contributed by atoms with E-state index < -0.39 is 6.10 Å². The SMILES string of the molecule is CCCCCNC(=O)[C@H](CC)Oc1ccccc1OC. The Morgan fingerprint density at radius 3 is 2.50 bits per heavy atom. The van der Waals surface area contributed by atoms with Crippen molar-refractivity contribution in [3.63, 3.8) is 0 Å². The van der Waals surface area contributed by atoms with Gasteiger partial charge in [-0.25, -0.2) is 0 Å². The van der Waals surface area contributed by atoms with Crippen molar-refractivity contribution in [3.8, 4) is 11.5 Å². The molecular formula is C16H25NO3. The monoisotopic (exact) mass is 279 g/mol. The maximum absolute atomic E-state index is 12.1. The number of nitrogens with one attached hydrogen (secondary N) is 1. The minimum Gasteiger partial charge on any atom is -0.493 e. The summed E-state index contributed by atoms with van der Waals surface area (Å²) in [5.41, 5.74) is 0. The van der Waals surface area contributed by atoms with E-state index in [1.54, 1.807) is 7.11 Å². The molecule has 0 spiro atoms. The normalized spacial score (nSPS) is 11.8. The summed E-state index contributed by atoms with van der Waals surface area (Å²) in [6.07, 6.45) is 3.42. The van der Waals surface area contributed by atoms with E-state index in [2.05, 4.69) is 12.2 Å². The molecule has 112 valence electrons. The summed E-state index contributed by atoms with van der Waals surface area (Å²) in [5, 5.41) is 2.92. The summed E-state index contributed by atoms with van der Waals surface area (Å²) in [7, 11) is 1.59. The molecule has 1 N–H and O–H groups in total. The number of ether oxygens (including phenoxy) is 2. The first-order chi connectivity index (χ1) is 9.72. The third-order valence-electron chi connectivity index (χ3n) is 3.08. The van der Waals surface area contributed by atoms with Gasteiger partial charge in [-0.15, -0.1) is 0 Å². The number of carbonyl (C=O) groups excluding carboxylic acids is 1. The molecule has 0 saturated heterocycles. The number of para-hydroxylation sites is 2. The highest BCUT2D eigenvalue weighted by molar-refractivity contribution is 5.81. The van der Waals surface area contributed by atoms with Crippen LogP contribution in [0.5, 0.6) is 11.5 Å². The van der Waals surface area contributed by atoms with Crippen LogP contribution in [0.1, 0.15) is 39.5 Å². The van der Waals surface area contributed by atoms with E-state index in [0.717, 1.165) is 19.3 Å². The zero-order valence-corrected chi connectivity index (χ0v) is 12.6. The number of amides is 1. The minimum atomic E-state index is -0.479. The van der Waals surface area contributed by atoms with Crippen LogP contribution in [0.4, 0.5) is 0 Å². The van der Waals surface area contributed by atoms with E-state index in [0.29, 0.717) is 24.5 Å². The lowest BCUT2D eigenvalue weighted by Gasteiger charge is -2.18. The second-order valence-electron chi connectivity index (χ2n) is 4.66. The van der Waals surface area contributed by atoms with Crippen LogP contribution in [-0.2, 0) is 4.79 Å². The van der Waals surface area contributed by atoms with Crippen LogP contribution in [0.2, 0.25) is 0 Å². The van der Waals surface area contributed by atoms with Crippen LogP contribution in [0.3, 0.4) is 0 Å². The maximum atomic E-state index is 12.1. The van der Waals surface area contributed by atoms with Crippen LogP contribution < -0.4 is 14.8 Å². The van der Waals surface area contributed by atoms with Crippen LogP contribution in [-0.4, -0.2) is 25.7 Å². The molecule has 4 heteroatoms. The van der Waals surface area contributed by atoms with Crippen molar-refractivity contribution < 1.29 is 14.3 Å². The number of hydrogen-bond acceptors (Lipinski definition) is 3. The number of unbranched alkanes of at least 4 members (excludes halogenated alkanes) is 2. The van der Waals surface area contributed by atoms with Crippen molar-refractivity contribution in [2.45, 2.75) is 45.6 Å². The van der Waals surface area contributed by atoms with Crippen LogP contribution in [0.15, 0.2) is 24.3 Å². The topological polar surface area (TPSA) is 47.6 Å². The van der Waals surface area contributed by atoms with Gasteiger partial charge in [-0.2, -0.15) is 0 Å². The molecule has 0 bridgehead atoms. The lowest BCUT2D eigenvalue weighted by molar-refractivity contribution is -0.128. The summed E-state index contributed by atoms with van der Waals surface area (Å²) < 4.78 is 11.0. The number of carbonyl (C=O) groups is 1. The molecule has 0 heterocycles. The Hall–Kier alpha value is -1.71. The standard InChI is InChI=1S/C16H25NO3/c1-4-6-9-12-17-16(18)13(5-2)20-15-11-8-7-10-14(15)19-3/h7-8,10-11,13H,4-6,9,12H2,1-3H3,(H,17,18)/t13-/m0/s1. The van der Waals surface area contributed by atoms with Crippen molar-refractivity contribution in [2.24, 2.45) is 0 Å². The largest absolute Gasteiger partial charge is 0.493 e. The molecule has 0 fully saturated rings. The number of rotatable bonds is 9. The van der Waals surface area contributed by atoms with Crippen molar-refractivity contribution in [3.05, 3.63) is 24.3 Å². The highest BCUT2D eigenvalue weighted by Crippen LogP contribution is 2.27. The maximum Gasteiger partial charge on any atom is 0.261 e. The van der Waals surface area contributed by atoms with Crippen LogP contribution in [0.25, 0.3) is 0 Å². The van der Waals surface area contributed by atoms with Crippen LogP contribution in [0, 0.1) is 0 Å². The summed E-state index contributed by atoms with van der Waals surface area (Å²) in [6.45, 7) is 4.78. The van der Waals surface area contributed by atoms with Gasteiger partial charge in [0.05, 0.1) is 7.11 Å². The Kier molecular flexibility index (Phi) is 7.55. The smallest absolute Gasteiger partial charge is 0.261 e. The van der Waals surface area contributed by atoms with E-state index in [4.69, 9.17) is 9.47 Å². The highest BCUT2D eigenvalue weighted by atomic mass is 16.5. The zero-order chi connectivity index (χ0) is 14.8. The molecule has 0 unspecified atom stereocenters. The first kappa shape index (κ1) is 16.3. The average molecular weight is 279 g/mol. The van der Waals surface area contributed by atoms with Gasteiger partial charge < -0.3 is 14.8 Å². The van der Waals surface area contributed by atoms with E-state index >= 15 is 0 Å². The summed E-state index contributed by atoms with van der Waals surface area (Å²) in [4.78, 5) is 12.1. The van der Waals surface area contributed by atoms with Gasteiger partial charge in [0.2, 0.25) is 0 Å². The molecule has 20 heavy (non-hydrogen) atoms. The summed E-state index contributed by atoms with van der Waals surface area (Å²) >= 11 is 0. The van der Waals surface area contributed by atoms with Crippen molar-refractivity contribution in [1.29, 1.82) is 0 Å². The Balaban J connectivity index is 2.55. The molecule has 1 atom stereocenters. The fourth-order valence-electron chi connectivity index (χ4n) is 1.89. The van der Waals surface area contributed by atoms with Gasteiger partial charge in [-0.1, -0.05) is 38.8 Å². The predicted molar refractivity (Wildman–Crippen MR) is 80.2 cm³/mol. The fraction of sp³-hybridized carbons (Fsp3) is 0.562. The van der Waals surface area contributed by atoms with E-state index in [9.17, 15) is 4.79 Å². The van der Waals surface area contributed by atoms with E-state index in [-0.39, 0.29) is 5.91 Å². The fourth-order valence-corrected chi connectivity index (χ4v) is 1.89. The van der Waals surface area contributed by atoms with Gasteiger partial charge in [-0.05, 0) is 25.0 Å². The molecule has 0 radical (unpaired) electrons. The molecule has 0 aliphatic rings. The molecule has 1 aromatic rings. The third-order valence-corrected chi connectivity index (χ3v) is 3.08. The van der Waals surface area contributed by atoms with Crippen molar-refractivity contribution in [2.75, 3.05) is 13.7 Å². The average Bonchev–Trinajstić information content (AvgIpc) is 2.49. The molecule has 0 aliphatic carbocycles. The molecule has 4 nitrogen and oxygen atoms in total. The van der Waals surface area contributed by atoms with Crippen LogP contribution >= 0.6 is 0 Å². The first-order valence-electron chi connectivity index (χ1n) is 7.30. The zero-order valence-electron chi connectivity index (χ0n) is 12.6. The molecule has 1 amide bonds. The number of hydrogen-bond donors (Lipinski definition) is 1. The molecular weight excluding hydrogens is 254 g/mol. The Morgan fingerprint density at radius 2 is 1.90 bits per heavy atom. The lowest BCUT2D eigenvalue weighted by Crippen LogP contribution is -2.38. The van der Waals surface area contributed by atoms with Gasteiger partial charge in [0.1, 0.15) is 0 Å². The van der Waals surface area contributed by atoms with Gasteiger partial charge >= 0.3 is 0 Å². The highest BCUT2D eigenvalue weighted by Gasteiger charge is 2.19. The molecule has 0 aromatic heterocycles. The first-order valence-corrected chi connectivity index (χ1v) is 7.30. The number of benzene rings is 1. The van der Waals surface area contributed by atoms with E-state index in [1.807, 2.05) is 31.2 Å². The van der Waals surface area contributed by atoms with Crippen molar-refractivity contribution >= 4 is 5.91 Å². The second kappa shape index (κ2) is 9.23. The Bertz CT molecular complexity index is 406. The molecule has 0 saturated carbocycles. The van der Waals surface area contributed by atoms with Gasteiger partial charge in [0.15, 0.2) is 17.6 Å². The second-order valence-corrected chi connectivity index (χ2v) is 4.66. The molecule has 1 rings (SSSR count). The van der Waals surface area contributed by atoms with Gasteiger partial charge in [0, 0.05) is 6.54 Å². The quantitative estimate of drug-likeness (QED) is 0.706. The summed E-state index contributed by atoms with van der Waals surface area (Å²) in [6, 6.07) is 7.37. The van der Waals surface area contributed by atoms with Gasteiger partial charge in [0.25, 0.3) is 5.91 Å². The molecule has 0 aliphatic heterocycles. The summed E-state index contributed by atoms with van der Waals surface area (Å²) in [5.74, 6) is 1.19. The third kappa shape index (κ3) is 5.11. The predicted octanol–water partition coefficient (Wildman–Crippen LogP) is 3.16. The van der Waals surface area contributed by atoms with Crippen molar-refractivity contribution in [1.82, 2.24) is 5.32 Å². The minimum absolute atomic E-state index is 0.0606.